The molecule has 1 aromatic carbocycles. The quantitative estimate of drug-likeness (QED) is 0.613. The maximum atomic E-state index is 9.12. The van der Waals surface area contributed by atoms with Gasteiger partial charge in [-0.15, -0.1) is 0 Å². The summed E-state index contributed by atoms with van der Waals surface area (Å²) in [5.74, 6) is 0.639. The van der Waals surface area contributed by atoms with Crippen molar-refractivity contribution in [2.75, 3.05) is 0 Å². The first kappa shape index (κ1) is 15.7. The predicted octanol–water partition coefficient (Wildman–Crippen LogP) is 5.93. The molecule has 0 spiro atoms. The van der Waals surface area contributed by atoms with Crippen molar-refractivity contribution in [2.24, 2.45) is 0 Å². The molecule has 2 saturated carbocycles. The molecule has 2 heteroatoms. The van der Waals surface area contributed by atoms with Crippen LogP contribution in [0.4, 0.5) is 0 Å². The number of aryl methyl sites for hydroxylation is 1. The van der Waals surface area contributed by atoms with Gasteiger partial charge in [0.15, 0.2) is 1.37 Å². The molecule has 0 aliphatic heterocycles. The minimum Gasteiger partial charge on any atom is -0.230 e. The molecule has 0 N–H and O–H groups in total. The van der Waals surface area contributed by atoms with Crippen molar-refractivity contribution in [2.45, 2.75) is 90.0 Å². The van der Waals surface area contributed by atoms with Crippen LogP contribution in [-0.4, -0.2) is 4.57 Å². The predicted molar refractivity (Wildman–Crippen MR) is 103 cm³/mol. The van der Waals surface area contributed by atoms with E-state index in [1.54, 1.807) is 0 Å². The third-order valence-electron chi connectivity index (χ3n) is 6.46. The Kier molecular flexibility index (Phi) is 4.61. The van der Waals surface area contributed by atoms with Crippen LogP contribution < -0.4 is 4.57 Å². The van der Waals surface area contributed by atoms with Crippen LogP contribution in [0.3, 0.4) is 0 Å². The summed E-state index contributed by atoms with van der Waals surface area (Å²) in [6, 6.07) is 9.07. The Labute approximate surface area is 154 Å². The summed E-state index contributed by atoms with van der Waals surface area (Å²) in [6.45, 7) is 4.42. The highest BCUT2D eigenvalue weighted by Crippen LogP contribution is 2.38. The monoisotopic (exact) mass is 338 g/mol. The van der Waals surface area contributed by atoms with E-state index < -0.39 is 0 Å². The molecule has 2 aliphatic rings. The van der Waals surface area contributed by atoms with Crippen LogP contribution in [0.2, 0.25) is 0 Å². The zero-order valence-corrected chi connectivity index (χ0v) is 15.9. The minimum absolute atomic E-state index is 0.525. The van der Waals surface area contributed by atoms with Crippen LogP contribution in [0.25, 0.3) is 5.69 Å². The number of hydrogen-bond acceptors (Lipinski definition) is 0. The standard InChI is InChI=1S/C23H33N2/c1-18-11-9-10-16-22(18)24-17-25(21-14-7-4-8-15-21)23(19(24)2)20-12-5-3-6-13-20/h9-11,16-17,20-21H,3-8,12-15H2,1-2H3/q+1/i17D. The molecule has 134 valence electrons. The topological polar surface area (TPSA) is 8.81 Å². The first-order valence-electron chi connectivity index (χ1n) is 10.9. The maximum absolute atomic E-state index is 9.12. The van der Waals surface area contributed by atoms with E-state index in [0.717, 1.165) is 0 Å². The van der Waals surface area contributed by atoms with Crippen molar-refractivity contribution in [3.05, 3.63) is 47.5 Å². The summed E-state index contributed by atoms with van der Waals surface area (Å²) in [6.07, 6.45) is 13.8. The second kappa shape index (κ2) is 7.35. The van der Waals surface area contributed by atoms with Gasteiger partial charge >= 0.3 is 0 Å². The molecule has 1 aromatic heterocycles. The fraction of sp³-hybridized carbons (Fsp3) is 0.609. The maximum Gasteiger partial charge on any atom is 0.249 e. The smallest absolute Gasteiger partial charge is 0.230 e. The van der Waals surface area contributed by atoms with Crippen LogP contribution in [0.15, 0.2) is 30.6 Å². The summed E-state index contributed by atoms with van der Waals surface area (Å²) in [5.41, 5.74) is 5.22. The van der Waals surface area contributed by atoms with Gasteiger partial charge in [-0.05, 0) is 57.1 Å². The van der Waals surface area contributed by atoms with E-state index in [0.29, 0.717) is 18.3 Å². The second-order valence-electron chi connectivity index (χ2n) is 8.19. The van der Waals surface area contributed by atoms with Gasteiger partial charge in [0.1, 0.15) is 23.1 Å². The number of hydrogen-bond donors (Lipinski definition) is 0. The van der Waals surface area contributed by atoms with Crippen LogP contribution in [-0.2, 0) is 0 Å². The normalized spacial score (nSPS) is 20.6. The van der Waals surface area contributed by atoms with E-state index in [1.807, 2.05) is 0 Å². The molecule has 0 bridgehead atoms. The molecule has 2 aromatic rings. The summed E-state index contributed by atoms with van der Waals surface area (Å²) < 4.78 is 13.8. The molecule has 0 atom stereocenters. The van der Waals surface area contributed by atoms with Crippen LogP contribution in [0, 0.1) is 13.8 Å². The Morgan fingerprint density at radius 1 is 0.920 bits per heavy atom. The van der Waals surface area contributed by atoms with E-state index in [1.165, 1.54) is 86.8 Å². The van der Waals surface area contributed by atoms with Crippen LogP contribution in [0.5, 0.6) is 0 Å². The molecule has 0 radical (unpaired) electrons. The third kappa shape index (κ3) is 3.28. The van der Waals surface area contributed by atoms with Gasteiger partial charge in [0.05, 0.1) is 0 Å². The van der Waals surface area contributed by atoms with Crippen molar-refractivity contribution in [3.63, 3.8) is 0 Å². The summed E-state index contributed by atoms with van der Waals surface area (Å²) in [7, 11) is 0. The van der Waals surface area contributed by atoms with E-state index in [9.17, 15) is 0 Å². The lowest BCUT2D eigenvalue weighted by molar-refractivity contribution is -0.602. The third-order valence-corrected chi connectivity index (χ3v) is 6.46. The van der Waals surface area contributed by atoms with Crippen molar-refractivity contribution in [1.29, 1.82) is 0 Å². The molecule has 2 nitrogen and oxygen atoms in total. The fourth-order valence-electron chi connectivity index (χ4n) is 5.06. The van der Waals surface area contributed by atoms with E-state index in [2.05, 4.69) is 47.2 Å². The number of aromatic nitrogens is 2. The van der Waals surface area contributed by atoms with E-state index in [-0.39, 0.29) is 0 Å². The van der Waals surface area contributed by atoms with Crippen molar-refractivity contribution in [1.82, 2.24) is 4.57 Å². The van der Waals surface area contributed by atoms with Gasteiger partial charge in [0.2, 0.25) is 6.30 Å². The van der Waals surface area contributed by atoms with Gasteiger partial charge in [-0.2, -0.15) is 4.57 Å². The number of nitrogens with zero attached hydrogens (tertiary/aromatic N) is 2. The van der Waals surface area contributed by atoms with Crippen molar-refractivity contribution < 1.29 is 5.94 Å². The molecule has 0 amide bonds. The Morgan fingerprint density at radius 3 is 2.24 bits per heavy atom. The number of imidazole rings is 1. The average Bonchev–Trinajstić information content (AvgIpc) is 2.94. The van der Waals surface area contributed by atoms with Gasteiger partial charge in [-0.3, -0.25) is 0 Å². The zero-order valence-electron chi connectivity index (χ0n) is 16.9. The number of benzene rings is 1. The Hall–Kier alpha value is -1.57. The highest BCUT2D eigenvalue weighted by molar-refractivity contribution is 5.33. The van der Waals surface area contributed by atoms with Gasteiger partial charge in [-0.1, -0.05) is 43.9 Å². The number of rotatable bonds is 3. The zero-order chi connectivity index (χ0) is 18.1. The lowest BCUT2D eigenvalue weighted by atomic mass is 9.85. The minimum atomic E-state index is 0.525. The SMILES string of the molecule is [2H]c1n(C2CCCCC2)c(C2CCCCC2)c(C)[n+]1-c1ccccc1C. The second-order valence-corrected chi connectivity index (χ2v) is 8.19. The molecule has 0 saturated heterocycles. The molecule has 2 fully saturated rings. The van der Waals surface area contributed by atoms with E-state index >= 15 is 0 Å². The van der Waals surface area contributed by atoms with Gasteiger partial charge in [0.25, 0.3) is 0 Å². The fourth-order valence-corrected chi connectivity index (χ4v) is 5.06. The molecular weight excluding hydrogens is 304 g/mol. The summed E-state index contributed by atoms with van der Waals surface area (Å²) in [4.78, 5) is 0. The van der Waals surface area contributed by atoms with Crippen molar-refractivity contribution >= 4 is 0 Å². The molecule has 0 unspecified atom stereocenters. The van der Waals surface area contributed by atoms with Crippen LogP contribution >= 0.6 is 0 Å². The first-order valence-corrected chi connectivity index (χ1v) is 10.4. The van der Waals surface area contributed by atoms with Gasteiger partial charge in [-0.25, -0.2) is 4.57 Å². The number of para-hydroxylation sites is 1. The Balaban J connectivity index is 1.88. The average molecular weight is 339 g/mol. The Morgan fingerprint density at radius 2 is 1.56 bits per heavy atom. The van der Waals surface area contributed by atoms with Gasteiger partial charge in [0, 0.05) is 12.8 Å². The molecule has 2 aliphatic carbocycles. The molecule has 4 rings (SSSR count). The lowest BCUT2D eigenvalue weighted by Crippen LogP contribution is -2.33. The summed E-state index contributed by atoms with van der Waals surface area (Å²) >= 11 is 0. The summed E-state index contributed by atoms with van der Waals surface area (Å²) in [5, 5.41) is 0. The Bertz CT molecular complexity index is 723. The van der Waals surface area contributed by atoms with Gasteiger partial charge < -0.3 is 0 Å². The van der Waals surface area contributed by atoms with Crippen molar-refractivity contribution in [3.8, 4) is 5.69 Å². The first-order chi connectivity index (χ1) is 12.7. The van der Waals surface area contributed by atoms with Crippen LogP contribution in [0.1, 0.15) is 94.5 Å². The molecular formula is C23H33N2+. The largest absolute Gasteiger partial charge is 0.249 e. The highest BCUT2D eigenvalue weighted by Gasteiger charge is 2.33. The lowest BCUT2D eigenvalue weighted by Gasteiger charge is -2.25. The van der Waals surface area contributed by atoms with E-state index in [4.69, 9.17) is 1.37 Å². The molecule has 1 heterocycles. The molecule has 25 heavy (non-hydrogen) atoms. The highest BCUT2D eigenvalue weighted by atomic mass is 15.2.